The molecule has 102 valence electrons. The van der Waals surface area contributed by atoms with Gasteiger partial charge in [-0.1, -0.05) is 5.16 Å². The van der Waals surface area contributed by atoms with E-state index in [0.717, 1.165) is 31.7 Å². The van der Waals surface area contributed by atoms with Gasteiger partial charge in [-0.3, -0.25) is 0 Å². The van der Waals surface area contributed by atoms with Crippen LogP contribution in [0.3, 0.4) is 0 Å². The van der Waals surface area contributed by atoms with Crippen LogP contribution in [-0.2, 0) is 17.6 Å². The Morgan fingerprint density at radius 3 is 3.21 bits per heavy atom. The van der Waals surface area contributed by atoms with Crippen LogP contribution < -0.4 is 5.73 Å². The lowest BCUT2D eigenvalue weighted by Gasteiger charge is -2.04. The highest BCUT2D eigenvalue weighted by atomic mass is 16.5. The number of nitrogens with two attached hydrogens (primary N) is 1. The zero-order valence-corrected chi connectivity index (χ0v) is 10.6. The molecule has 1 aliphatic heterocycles. The van der Waals surface area contributed by atoms with Gasteiger partial charge in [0.15, 0.2) is 5.82 Å². The van der Waals surface area contributed by atoms with Crippen molar-refractivity contribution in [1.29, 1.82) is 0 Å². The van der Waals surface area contributed by atoms with Crippen molar-refractivity contribution in [3.8, 4) is 0 Å². The first-order chi connectivity index (χ1) is 9.31. The second-order valence-corrected chi connectivity index (χ2v) is 4.87. The first kappa shape index (κ1) is 12.3. The lowest BCUT2D eigenvalue weighted by Crippen LogP contribution is -2.14. The van der Waals surface area contributed by atoms with Gasteiger partial charge in [0.1, 0.15) is 0 Å². The first-order valence-corrected chi connectivity index (χ1v) is 6.44. The number of nitrogens with one attached hydrogen (secondary N) is 1. The predicted molar refractivity (Wildman–Crippen MR) is 66.1 cm³/mol. The van der Waals surface area contributed by atoms with Gasteiger partial charge in [-0.15, -0.1) is 0 Å². The highest BCUT2D eigenvalue weighted by Crippen LogP contribution is 2.18. The maximum absolute atomic E-state index is 6.04. The summed E-state index contributed by atoms with van der Waals surface area (Å²) in [6.07, 6.45) is 5.83. The molecule has 0 saturated carbocycles. The third-order valence-electron chi connectivity index (χ3n) is 3.29. The van der Waals surface area contributed by atoms with Crippen LogP contribution >= 0.6 is 0 Å². The predicted octanol–water partition coefficient (Wildman–Crippen LogP) is 0.614. The lowest BCUT2D eigenvalue weighted by molar-refractivity contribution is 0.185. The largest absolute Gasteiger partial charge is 0.381 e. The van der Waals surface area contributed by atoms with Crippen LogP contribution in [0, 0.1) is 5.92 Å². The highest BCUT2D eigenvalue weighted by molar-refractivity contribution is 5.02. The van der Waals surface area contributed by atoms with Gasteiger partial charge in [0.25, 0.3) is 0 Å². The summed E-state index contributed by atoms with van der Waals surface area (Å²) >= 11 is 0. The van der Waals surface area contributed by atoms with E-state index in [1.54, 1.807) is 12.5 Å². The molecule has 7 nitrogen and oxygen atoms in total. The van der Waals surface area contributed by atoms with Crippen molar-refractivity contribution in [1.82, 2.24) is 20.1 Å². The Bertz CT molecular complexity index is 504. The number of nitrogens with zero attached hydrogens (tertiary/aromatic N) is 3. The third-order valence-corrected chi connectivity index (χ3v) is 3.29. The Morgan fingerprint density at radius 2 is 2.47 bits per heavy atom. The van der Waals surface area contributed by atoms with E-state index in [-0.39, 0.29) is 6.04 Å². The first-order valence-electron chi connectivity index (χ1n) is 6.44. The molecule has 1 saturated heterocycles. The van der Waals surface area contributed by atoms with E-state index >= 15 is 0 Å². The van der Waals surface area contributed by atoms with Crippen molar-refractivity contribution in [2.45, 2.75) is 25.3 Å². The number of hydrogen-bond donors (Lipinski definition) is 2. The summed E-state index contributed by atoms with van der Waals surface area (Å²) in [6.45, 7) is 1.61. The van der Waals surface area contributed by atoms with Crippen LogP contribution in [0.5, 0.6) is 0 Å². The van der Waals surface area contributed by atoms with Gasteiger partial charge in [-0.2, -0.15) is 4.98 Å². The number of aromatic amines is 1. The molecule has 3 rings (SSSR count). The molecule has 0 amide bonds. The van der Waals surface area contributed by atoms with Crippen LogP contribution in [0.1, 0.15) is 29.9 Å². The quantitative estimate of drug-likeness (QED) is 0.819. The number of rotatable bonds is 5. The molecule has 2 atom stereocenters. The molecule has 1 aliphatic rings. The number of hydrogen-bond acceptors (Lipinski definition) is 6. The SMILES string of the molecule is N[C@@H](Cc1cnc[nH]1)c1nc(CC2CCOC2)no1. The average molecular weight is 263 g/mol. The third kappa shape index (κ3) is 2.99. The van der Waals surface area contributed by atoms with Crippen LogP contribution in [0.2, 0.25) is 0 Å². The molecular formula is C12H17N5O2. The molecule has 1 unspecified atom stereocenters. The minimum Gasteiger partial charge on any atom is -0.381 e. The minimum absolute atomic E-state index is 0.304. The number of H-pyrrole nitrogens is 1. The van der Waals surface area contributed by atoms with Crippen LogP contribution in [0.25, 0.3) is 0 Å². The van der Waals surface area contributed by atoms with E-state index in [9.17, 15) is 0 Å². The van der Waals surface area contributed by atoms with Gasteiger partial charge in [0, 0.05) is 37.9 Å². The molecule has 3 heterocycles. The second-order valence-electron chi connectivity index (χ2n) is 4.87. The van der Waals surface area contributed by atoms with Gasteiger partial charge in [0.05, 0.1) is 12.4 Å². The van der Waals surface area contributed by atoms with Crippen molar-refractivity contribution in [3.63, 3.8) is 0 Å². The molecule has 0 aliphatic carbocycles. The van der Waals surface area contributed by atoms with Gasteiger partial charge in [-0.05, 0) is 12.3 Å². The zero-order chi connectivity index (χ0) is 13.1. The molecule has 0 aromatic carbocycles. The van der Waals surface area contributed by atoms with Crippen molar-refractivity contribution in [2.24, 2.45) is 11.7 Å². The van der Waals surface area contributed by atoms with E-state index < -0.39 is 0 Å². The summed E-state index contributed by atoms with van der Waals surface area (Å²) < 4.78 is 10.6. The second kappa shape index (κ2) is 5.50. The lowest BCUT2D eigenvalue weighted by atomic mass is 10.1. The summed E-state index contributed by atoms with van der Waals surface area (Å²) in [6, 6.07) is -0.304. The molecule has 0 radical (unpaired) electrons. The van der Waals surface area contributed by atoms with Crippen LogP contribution in [-0.4, -0.2) is 33.3 Å². The molecular weight excluding hydrogens is 246 g/mol. The maximum atomic E-state index is 6.04. The molecule has 19 heavy (non-hydrogen) atoms. The summed E-state index contributed by atoms with van der Waals surface area (Å²) in [5, 5.41) is 3.98. The van der Waals surface area contributed by atoms with E-state index in [4.69, 9.17) is 15.0 Å². The fourth-order valence-corrected chi connectivity index (χ4v) is 2.22. The van der Waals surface area contributed by atoms with E-state index in [2.05, 4.69) is 20.1 Å². The Morgan fingerprint density at radius 1 is 1.53 bits per heavy atom. The van der Waals surface area contributed by atoms with Gasteiger partial charge in [-0.25, -0.2) is 4.98 Å². The monoisotopic (exact) mass is 263 g/mol. The Balaban J connectivity index is 1.60. The number of ether oxygens (including phenoxy) is 1. The minimum atomic E-state index is -0.304. The van der Waals surface area contributed by atoms with Gasteiger partial charge < -0.3 is 20.0 Å². The zero-order valence-electron chi connectivity index (χ0n) is 10.6. The normalized spacial score (nSPS) is 20.8. The number of aromatic nitrogens is 4. The van der Waals surface area contributed by atoms with Crippen LogP contribution in [0.4, 0.5) is 0 Å². The Hall–Kier alpha value is -1.73. The molecule has 3 N–H and O–H groups in total. The Labute approximate surface area is 110 Å². The number of imidazole rings is 1. The van der Waals surface area contributed by atoms with Crippen molar-refractivity contribution in [2.75, 3.05) is 13.2 Å². The van der Waals surface area contributed by atoms with Gasteiger partial charge >= 0.3 is 0 Å². The van der Waals surface area contributed by atoms with Crippen molar-refractivity contribution >= 4 is 0 Å². The average Bonchev–Trinajstić information content (AvgIpc) is 3.10. The fourth-order valence-electron chi connectivity index (χ4n) is 2.22. The summed E-state index contributed by atoms with van der Waals surface area (Å²) in [4.78, 5) is 11.3. The molecule has 2 aromatic rings. The highest BCUT2D eigenvalue weighted by Gasteiger charge is 2.21. The molecule has 0 bridgehead atoms. The Kier molecular flexibility index (Phi) is 3.56. The summed E-state index contributed by atoms with van der Waals surface area (Å²) in [7, 11) is 0. The topological polar surface area (TPSA) is 103 Å². The summed E-state index contributed by atoms with van der Waals surface area (Å²) in [5.74, 6) is 1.68. The van der Waals surface area contributed by atoms with E-state index in [0.29, 0.717) is 24.1 Å². The van der Waals surface area contributed by atoms with Crippen molar-refractivity contribution < 1.29 is 9.26 Å². The smallest absolute Gasteiger partial charge is 0.243 e. The maximum Gasteiger partial charge on any atom is 0.243 e. The molecule has 7 heteroatoms. The molecule has 1 fully saturated rings. The van der Waals surface area contributed by atoms with Crippen molar-refractivity contribution in [3.05, 3.63) is 29.9 Å². The standard InChI is InChI=1S/C12H17N5O2/c13-10(4-9-5-14-7-15-9)12-16-11(17-19-12)3-8-1-2-18-6-8/h5,7-8,10H,1-4,6,13H2,(H,14,15)/t8?,10-/m0/s1. The molecule has 0 spiro atoms. The molecule has 2 aromatic heterocycles. The van der Waals surface area contributed by atoms with Crippen LogP contribution in [0.15, 0.2) is 17.0 Å². The summed E-state index contributed by atoms with van der Waals surface area (Å²) in [5.41, 5.74) is 6.99. The van der Waals surface area contributed by atoms with E-state index in [1.807, 2.05) is 0 Å². The fraction of sp³-hybridized carbons (Fsp3) is 0.583. The van der Waals surface area contributed by atoms with E-state index in [1.165, 1.54) is 0 Å². The van der Waals surface area contributed by atoms with Gasteiger partial charge in [0.2, 0.25) is 5.89 Å².